The van der Waals surface area contributed by atoms with Crippen molar-refractivity contribution in [3.8, 4) is 0 Å². The first kappa shape index (κ1) is 17.2. The van der Waals surface area contributed by atoms with Gasteiger partial charge in [-0.15, -0.1) is 0 Å². The molecule has 1 amide bonds. The maximum atomic E-state index is 12.6. The number of fused-ring (bicyclic) bond motifs is 1. The molecule has 1 aliphatic rings. The number of para-hydroxylation sites is 2. The summed E-state index contributed by atoms with van der Waals surface area (Å²) in [7, 11) is 0. The monoisotopic (exact) mass is 347 g/mol. The van der Waals surface area contributed by atoms with Crippen LogP contribution in [0.15, 0.2) is 29.1 Å². The van der Waals surface area contributed by atoms with Gasteiger partial charge < -0.3 is 15.1 Å². The van der Waals surface area contributed by atoms with Gasteiger partial charge in [-0.1, -0.05) is 12.1 Å². The Hall–Kier alpha value is -2.61. The number of aliphatic hydroxyl groups is 1. The van der Waals surface area contributed by atoms with Crippen molar-refractivity contribution >= 4 is 22.9 Å². The highest BCUT2D eigenvalue weighted by Gasteiger charge is 2.40. The minimum absolute atomic E-state index is 0.0142. The third-order valence-corrected chi connectivity index (χ3v) is 4.88. The van der Waals surface area contributed by atoms with E-state index in [1.54, 1.807) is 10.6 Å². The number of likely N-dealkylation sites (tertiary alicyclic amines) is 1. The van der Waals surface area contributed by atoms with Crippen LogP contribution in [0.5, 0.6) is 0 Å². The van der Waals surface area contributed by atoms with Gasteiger partial charge in [-0.3, -0.25) is 13.9 Å². The molecule has 0 unspecified atom stereocenters. The van der Waals surface area contributed by atoms with Gasteiger partial charge in [-0.05, 0) is 19.1 Å². The smallest absolute Gasteiger partial charge is 0.335 e. The number of nitrogens with zero attached hydrogens (tertiary/aromatic N) is 3. The van der Waals surface area contributed by atoms with Gasteiger partial charge in [0.2, 0.25) is 5.91 Å². The van der Waals surface area contributed by atoms with Gasteiger partial charge in [0.25, 0.3) is 0 Å². The van der Waals surface area contributed by atoms with Crippen LogP contribution in [0.25, 0.3) is 11.0 Å². The van der Waals surface area contributed by atoms with Crippen LogP contribution in [0.3, 0.4) is 0 Å². The third kappa shape index (κ3) is 2.93. The molecule has 0 aliphatic carbocycles. The summed E-state index contributed by atoms with van der Waals surface area (Å²) >= 11 is 0. The standard InChI is InChI=1S/C17H21N3O5/c1-2-19-12-5-3-4-6-13(12)20(16(19)24)11-14(21)18-9-7-17(25,8-10-18)15(22)23/h3-6,25H,2,7-11H2,1H3,(H,22,23). The van der Waals surface area contributed by atoms with Crippen LogP contribution < -0.4 is 5.69 Å². The number of aromatic nitrogens is 2. The number of carboxylic acid groups (broad SMARTS) is 1. The number of rotatable bonds is 4. The van der Waals surface area contributed by atoms with Gasteiger partial charge >= 0.3 is 11.7 Å². The second-order valence-corrected chi connectivity index (χ2v) is 6.32. The molecule has 3 rings (SSSR count). The molecule has 2 aromatic rings. The van der Waals surface area contributed by atoms with Crippen molar-refractivity contribution in [3.05, 3.63) is 34.7 Å². The predicted molar refractivity (Wildman–Crippen MR) is 90.3 cm³/mol. The molecule has 0 saturated carbocycles. The van der Waals surface area contributed by atoms with Crippen molar-refractivity contribution in [2.24, 2.45) is 0 Å². The fraction of sp³-hybridized carbons (Fsp3) is 0.471. The summed E-state index contributed by atoms with van der Waals surface area (Å²) in [6.45, 7) is 2.59. The van der Waals surface area contributed by atoms with Gasteiger partial charge in [0.15, 0.2) is 5.60 Å². The molecule has 0 radical (unpaired) electrons. The van der Waals surface area contributed by atoms with Crippen molar-refractivity contribution < 1.29 is 19.8 Å². The number of amides is 1. The lowest BCUT2D eigenvalue weighted by Crippen LogP contribution is -2.51. The second-order valence-electron chi connectivity index (χ2n) is 6.32. The molecule has 8 nitrogen and oxygen atoms in total. The van der Waals surface area contributed by atoms with Gasteiger partial charge in [0.1, 0.15) is 6.54 Å². The van der Waals surface area contributed by atoms with E-state index in [1.807, 2.05) is 25.1 Å². The third-order valence-electron chi connectivity index (χ3n) is 4.88. The van der Waals surface area contributed by atoms with Gasteiger partial charge in [0.05, 0.1) is 11.0 Å². The summed E-state index contributed by atoms with van der Waals surface area (Å²) in [5.74, 6) is -1.52. The van der Waals surface area contributed by atoms with Crippen LogP contribution in [-0.4, -0.2) is 54.8 Å². The summed E-state index contributed by atoms with van der Waals surface area (Å²) in [5.41, 5.74) is -0.536. The molecule has 0 atom stereocenters. The van der Waals surface area contributed by atoms with E-state index in [1.165, 1.54) is 9.47 Å². The highest BCUT2D eigenvalue weighted by atomic mass is 16.4. The Labute approximate surface area is 143 Å². The first-order valence-electron chi connectivity index (χ1n) is 8.29. The topological polar surface area (TPSA) is 105 Å². The molecular weight excluding hydrogens is 326 g/mol. The number of hydrogen-bond acceptors (Lipinski definition) is 4. The Morgan fingerprint density at radius 2 is 1.68 bits per heavy atom. The van der Waals surface area contributed by atoms with E-state index in [2.05, 4.69) is 0 Å². The predicted octanol–water partition coefficient (Wildman–Crippen LogP) is 0.261. The molecule has 2 heterocycles. The largest absolute Gasteiger partial charge is 0.479 e. The molecule has 1 aliphatic heterocycles. The Bertz CT molecular complexity index is 874. The zero-order valence-corrected chi connectivity index (χ0v) is 14.0. The summed E-state index contributed by atoms with van der Waals surface area (Å²) in [5, 5.41) is 19.0. The second kappa shape index (κ2) is 6.36. The first-order valence-corrected chi connectivity index (χ1v) is 8.29. The van der Waals surface area contributed by atoms with Crippen LogP contribution >= 0.6 is 0 Å². The highest BCUT2D eigenvalue weighted by Crippen LogP contribution is 2.23. The molecule has 1 fully saturated rings. The number of aliphatic carboxylic acids is 1. The Kier molecular flexibility index (Phi) is 4.38. The number of carboxylic acids is 1. The van der Waals surface area contributed by atoms with Crippen molar-refractivity contribution in [2.75, 3.05) is 13.1 Å². The molecule has 8 heteroatoms. The summed E-state index contributed by atoms with van der Waals surface area (Å²) < 4.78 is 3.06. The van der Waals surface area contributed by atoms with Crippen molar-refractivity contribution in [1.82, 2.24) is 14.0 Å². The molecule has 1 saturated heterocycles. The zero-order chi connectivity index (χ0) is 18.2. The van der Waals surface area contributed by atoms with Crippen molar-refractivity contribution in [3.63, 3.8) is 0 Å². The van der Waals surface area contributed by atoms with E-state index in [9.17, 15) is 19.5 Å². The van der Waals surface area contributed by atoms with Gasteiger partial charge in [-0.25, -0.2) is 9.59 Å². The lowest BCUT2D eigenvalue weighted by Gasteiger charge is -2.35. The Balaban J connectivity index is 1.81. The van der Waals surface area contributed by atoms with E-state index < -0.39 is 11.6 Å². The lowest BCUT2D eigenvalue weighted by molar-refractivity contribution is -0.165. The molecule has 1 aromatic heterocycles. The average Bonchev–Trinajstić information content (AvgIpc) is 2.87. The minimum Gasteiger partial charge on any atom is -0.479 e. The van der Waals surface area contributed by atoms with Crippen LogP contribution in [-0.2, 0) is 22.7 Å². The first-order chi connectivity index (χ1) is 11.9. The van der Waals surface area contributed by atoms with Crippen LogP contribution in [0, 0.1) is 0 Å². The van der Waals surface area contributed by atoms with Crippen LogP contribution in [0.2, 0.25) is 0 Å². The summed E-state index contributed by atoms with van der Waals surface area (Å²) in [6.07, 6.45) is -0.0284. The number of hydrogen-bond donors (Lipinski definition) is 2. The fourth-order valence-electron chi connectivity index (χ4n) is 3.31. The van der Waals surface area contributed by atoms with E-state index >= 15 is 0 Å². The number of piperidine rings is 1. The summed E-state index contributed by atoms with van der Waals surface area (Å²) in [4.78, 5) is 37.7. The van der Waals surface area contributed by atoms with Crippen LogP contribution in [0.1, 0.15) is 19.8 Å². The molecule has 2 N–H and O–H groups in total. The molecule has 1 aromatic carbocycles. The highest BCUT2D eigenvalue weighted by molar-refractivity contribution is 5.82. The minimum atomic E-state index is -1.77. The maximum absolute atomic E-state index is 12.6. The number of aryl methyl sites for hydroxylation is 1. The SMILES string of the molecule is CCn1c(=O)n(CC(=O)N2CCC(O)(C(=O)O)CC2)c2ccccc21. The lowest BCUT2D eigenvalue weighted by atomic mass is 9.91. The Morgan fingerprint density at radius 3 is 2.20 bits per heavy atom. The molecule has 0 spiro atoms. The molecule has 134 valence electrons. The average molecular weight is 347 g/mol. The van der Waals surface area contributed by atoms with Crippen LogP contribution in [0.4, 0.5) is 0 Å². The quantitative estimate of drug-likeness (QED) is 0.825. The van der Waals surface area contributed by atoms with Crippen molar-refractivity contribution in [2.45, 2.75) is 38.5 Å². The van der Waals surface area contributed by atoms with E-state index in [0.717, 1.165) is 5.52 Å². The van der Waals surface area contributed by atoms with Gasteiger partial charge in [0, 0.05) is 32.5 Å². The number of benzene rings is 1. The number of carbonyl (C=O) groups excluding carboxylic acids is 1. The van der Waals surface area contributed by atoms with Gasteiger partial charge in [-0.2, -0.15) is 0 Å². The zero-order valence-electron chi connectivity index (χ0n) is 14.0. The van der Waals surface area contributed by atoms with E-state index in [0.29, 0.717) is 12.1 Å². The van der Waals surface area contributed by atoms with Crippen molar-refractivity contribution in [1.29, 1.82) is 0 Å². The Morgan fingerprint density at radius 1 is 1.12 bits per heavy atom. The molecular formula is C17H21N3O5. The number of carbonyl (C=O) groups is 2. The molecule has 25 heavy (non-hydrogen) atoms. The number of imidazole rings is 1. The molecule has 0 bridgehead atoms. The normalized spacial score (nSPS) is 17.0. The maximum Gasteiger partial charge on any atom is 0.335 e. The summed E-state index contributed by atoms with van der Waals surface area (Å²) in [6, 6.07) is 7.30. The van der Waals surface area contributed by atoms with E-state index in [-0.39, 0.29) is 44.1 Å². The van der Waals surface area contributed by atoms with E-state index in [4.69, 9.17) is 5.11 Å². The fourth-order valence-corrected chi connectivity index (χ4v) is 3.31.